The summed E-state index contributed by atoms with van der Waals surface area (Å²) < 4.78 is 18.6. The number of aryl methyl sites for hydroxylation is 1. The standard InChI is InChI=1S/C18H20FNO2/c1-12-6-5-7-15(13(12)2)18(21)20(3)11-14-8-9-17(22-4)16(19)10-14/h5-10H,11H2,1-4H3. The molecule has 0 atom stereocenters. The van der Waals surface area contributed by atoms with E-state index in [1.807, 2.05) is 32.0 Å². The molecule has 116 valence electrons. The summed E-state index contributed by atoms with van der Waals surface area (Å²) in [6.07, 6.45) is 0. The van der Waals surface area contributed by atoms with Crippen LogP contribution in [0.1, 0.15) is 27.0 Å². The van der Waals surface area contributed by atoms with E-state index in [1.165, 1.54) is 13.2 Å². The molecule has 2 aromatic carbocycles. The van der Waals surface area contributed by atoms with Gasteiger partial charge < -0.3 is 9.64 Å². The van der Waals surface area contributed by atoms with Gasteiger partial charge in [-0.05, 0) is 48.7 Å². The van der Waals surface area contributed by atoms with Crippen molar-refractivity contribution >= 4 is 5.91 Å². The van der Waals surface area contributed by atoms with Crippen molar-refractivity contribution in [3.8, 4) is 5.75 Å². The monoisotopic (exact) mass is 301 g/mol. The Kier molecular flexibility index (Phi) is 4.81. The van der Waals surface area contributed by atoms with Crippen LogP contribution in [-0.2, 0) is 6.54 Å². The fraction of sp³-hybridized carbons (Fsp3) is 0.278. The Morgan fingerprint density at radius 3 is 2.59 bits per heavy atom. The van der Waals surface area contributed by atoms with Crippen LogP contribution in [0.25, 0.3) is 0 Å². The first-order valence-corrected chi connectivity index (χ1v) is 7.08. The summed E-state index contributed by atoms with van der Waals surface area (Å²) in [5.74, 6) is -0.294. The van der Waals surface area contributed by atoms with Crippen molar-refractivity contribution in [3.63, 3.8) is 0 Å². The van der Waals surface area contributed by atoms with Crippen molar-refractivity contribution in [2.75, 3.05) is 14.2 Å². The molecule has 4 heteroatoms. The molecule has 0 saturated heterocycles. The molecule has 0 aliphatic carbocycles. The van der Waals surface area contributed by atoms with Gasteiger partial charge in [-0.3, -0.25) is 4.79 Å². The van der Waals surface area contributed by atoms with Crippen LogP contribution in [-0.4, -0.2) is 25.0 Å². The van der Waals surface area contributed by atoms with E-state index >= 15 is 0 Å². The van der Waals surface area contributed by atoms with Crippen molar-refractivity contribution in [1.29, 1.82) is 0 Å². The number of nitrogens with zero attached hydrogens (tertiary/aromatic N) is 1. The molecule has 2 rings (SSSR count). The SMILES string of the molecule is COc1ccc(CN(C)C(=O)c2cccc(C)c2C)cc1F. The molecule has 0 aromatic heterocycles. The number of halogens is 1. The zero-order chi connectivity index (χ0) is 16.3. The zero-order valence-electron chi connectivity index (χ0n) is 13.3. The molecule has 0 heterocycles. The minimum Gasteiger partial charge on any atom is -0.494 e. The van der Waals surface area contributed by atoms with E-state index in [9.17, 15) is 9.18 Å². The summed E-state index contributed by atoms with van der Waals surface area (Å²) in [6.45, 7) is 4.25. The van der Waals surface area contributed by atoms with Crippen LogP contribution >= 0.6 is 0 Å². The number of ether oxygens (including phenoxy) is 1. The van der Waals surface area contributed by atoms with Crippen molar-refractivity contribution in [2.24, 2.45) is 0 Å². The third-order valence-electron chi connectivity index (χ3n) is 3.82. The van der Waals surface area contributed by atoms with Crippen LogP contribution in [0.5, 0.6) is 5.75 Å². The Bertz CT molecular complexity index is 697. The summed E-state index contributed by atoms with van der Waals surface area (Å²) in [5.41, 5.74) is 3.45. The average Bonchev–Trinajstić information content (AvgIpc) is 2.49. The lowest BCUT2D eigenvalue weighted by Gasteiger charge is -2.19. The van der Waals surface area contributed by atoms with E-state index in [2.05, 4.69) is 0 Å². The Hall–Kier alpha value is -2.36. The van der Waals surface area contributed by atoms with Crippen LogP contribution in [0.15, 0.2) is 36.4 Å². The molecule has 1 amide bonds. The maximum atomic E-state index is 13.7. The zero-order valence-corrected chi connectivity index (χ0v) is 13.3. The van der Waals surface area contributed by atoms with Crippen molar-refractivity contribution in [1.82, 2.24) is 4.90 Å². The van der Waals surface area contributed by atoms with E-state index < -0.39 is 5.82 Å². The molecule has 0 spiro atoms. The molecular formula is C18H20FNO2. The van der Waals surface area contributed by atoms with E-state index in [4.69, 9.17) is 4.74 Å². The van der Waals surface area contributed by atoms with Crippen molar-refractivity contribution in [3.05, 3.63) is 64.5 Å². The lowest BCUT2D eigenvalue weighted by molar-refractivity contribution is 0.0784. The Morgan fingerprint density at radius 2 is 1.95 bits per heavy atom. The number of amides is 1. The minimum atomic E-state index is -0.424. The van der Waals surface area contributed by atoms with E-state index in [0.717, 1.165) is 16.7 Å². The number of hydrogen-bond acceptors (Lipinski definition) is 2. The smallest absolute Gasteiger partial charge is 0.254 e. The largest absolute Gasteiger partial charge is 0.494 e. The van der Waals surface area contributed by atoms with Crippen molar-refractivity contribution in [2.45, 2.75) is 20.4 Å². The van der Waals surface area contributed by atoms with Crippen LogP contribution in [0.4, 0.5) is 4.39 Å². The molecule has 0 N–H and O–H groups in total. The van der Waals surface area contributed by atoms with E-state index in [0.29, 0.717) is 12.1 Å². The maximum absolute atomic E-state index is 13.7. The summed E-state index contributed by atoms with van der Waals surface area (Å²) in [4.78, 5) is 14.1. The van der Waals surface area contributed by atoms with Crippen LogP contribution in [0, 0.1) is 19.7 Å². The van der Waals surface area contributed by atoms with Gasteiger partial charge in [-0.15, -0.1) is 0 Å². The van der Waals surface area contributed by atoms with Gasteiger partial charge in [-0.1, -0.05) is 18.2 Å². The van der Waals surface area contributed by atoms with Gasteiger partial charge in [0.15, 0.2) is 11.6 Å². The lowest BCUT2D eigenvalue weighted by atomic mass is 10.0. The number of hydrogen-bond donors (Lipinski definition) is 0. The minimum absolute atomic E-state index is 0.0718. The summed E-state index contributed by atoms with van der Waals surface area (Å²) in [7, 11) is 3.14. The fourth-order valence-electron chi connectivity index (χ4n) is 2.34. The molecule has 0 saturated carbocycles. The van der Waals surface area contributed by atoms with Gasteiger partial charge in [-0.2, -0.15) is 0 Å². The highest BCUT2D eigenvalue weighted by Crippen LogP contribution is 2.20. The highest BCUT2D eigenvalue weighted by atomic mass is 19.1. The maximum Gasteiger partial charge on any atom is 0.254 e. The second-order valence-corrected chi connectivity index (χ2v) is 5.38. The first-order valence-electron chi connectivity index (χ1n) is 7.08. The topological polar surface area (TPSA) is 29.5 Å². The molecule has 0 aliphatic rings. The highest BCUT2D eigenvalue weighted by Gasteiger charge is 2.15. The number of benzene rings is 2. The Labute approximate surface area is 130 Å². The van der Waals surface area contributed by atoms with Gasteiger partial charge in [-0.25, -0.2) is 4.39 Å². The summed E-state index contributed by atoms with van der Waals surface area (Å²) >= 11 is 0. The summed E-state index contributed by atoms with van der Waals surface area (Å²) in [6, 6.07) is 10.4. The second-order valence-electron chi connectivity index (χ2n) is 5.38. The molecule has 3 nitrogen and oxygen atoms in total. The lowest BCUT2D eigenvalue weighted by Crippen LogP contribution is -2.27. The van der Waals surface area contributed by atoms with E-state index in [1.54, 1.807) is 24.1 Å². The fourth-order valence-corrected chi connectivity index (χ4v) is 2.34. The predicted molar refractivity (Wildman–Crippen MR) is 84.7 cm³/mol. The Balaban J connectivity index is 2.18. The molecule has 0 unspecified atom stereocenters. The van der Waals surface area contributed by atoms with Crippen LogP contribution in [0.3, 0.4) is 0 Å². The number of carbonyl (C=O) groups excluding carboxylic acids is 1. The third kappa shape index (κ3) is 3.27. The van der Waals surface area contributed by atoms with E-state index in [-0.39, 0.29) is 11.7 Å². The van der Waals surface area contributed by atoms with Gasteiger partial charge in [0.2, 0.25) is 0 Å². The van der Waals surface area contributed by atoms with Gasteiger partial charge >= 0.3 is 0 Å². The van der Waals surface area contributed by atoms with Crippen LogP contribution in [0.2, 0.25) is 0 Å². The first kappa shape index (κ1) is 16.0. The van der Waals surface area contributed by atoms with Gasteiger partial charge in [0, 0.05) is 19.2 Å². The van der Waals surface area contributed by atoms with Gasteiger partial charge in [0.05, 0.1) is 7.11 Å². The first-order chi connectivity index (χ1) is 10.4. The Morgan fingerprint density at radius 1 is 1.23 bits per heavy atom. The third-order valence-corrected chi connectivity index (χ3v) is 3.82. The van der Waals surface area contributed by atoms with Gasteiger partial charge in [0.25, 0.3) is 5.91 Å². The van der Waals surface area contributed by atoms with Crippen LogP contribution < -0.4 is 4.74 Å². The number of rotatable bonds is 4. The number of carbonyl (C=O) groups is 1. The molecule has 0 fully saturated rings. The average molecular weight is 301 g/mol. The molecule has 0 radical (unpaired) electrons. The highest BCUT2D eigenvalue weighted by molar-refractivity contribution is 5.95. The number of methoxy groups -OCH3 is 1. The quantitative estimate of drug-likeness (QED) is 0.861. The van der Waals surface area contributed by atoms with Crippen molar-refractivity contribution < 1.29 is 13.9 Å². The van der Waals surface area contributed by atoms with Gasteiger partial charge in [0.1, 0.15) is 0 Å². The molecular weight excluding hydrogens is 281 g/mol. The molecule has 2 aromatic rings. The molecule has 22 heavy (non-hydrogen) atoms. The molecule has 0 bridgehead atoms. The normalized spacial score (nSPS) is 10.4. The predicted octanol–water partition coefficient (Wildman–Crippen LogP) is 3.72. The summed E-state index contributed by atoms with van der Waals surface area (Å²) in [5, 5.41) is 0. The second kappa shape index (κ2) is 6.60. The molecule has 0 aliphatic heterocycles.